The fourth-order valence-electron chi connectivity index (χ4n) is 1.55. The highest BCUT2D eigenvalue weighted by Gasteiger charge is 2.45. The van der Waals surface area contributed by atoms with Crippen LogP contribution in [0.2, 0.25) is 5.02 Å². The molecule has 0 aliphatic carbocycles. The van der Waals surface area contributed by atoms with Gasteiger partial charge >= 0.3 is 0 Å². The summed E-state index contributed by atoms with van der Waals surface area (Å²) in [6.45, 7) is 0. The van der Waals surface area contributed by atoms with Gasteiger partial charge in [0.05, 0.1) is 5.75 Å². The monoisotopic (exact) mass is 329 g/mol. The maximum absolute atomic E-state index is 11.8. The first-order valence-electron chi connectivity index (χ1n) is 4.65. The smallest absolute Gasteiger partial charge is 0.238 e. The van der Waals surface area contributed by atoms with E-state index in [0.29, 0.717) is 16.5 Å². The maximum Gasteiger partial charge on any atom is 0.238 e. The molecule has 1 heterocycles. The Morgan fingerprint density at radius 1 is 1.24 bits per heavy atom. The molecule has 7 heteroatoms. The van der Waals surface area contributed by atoms with Gasteiger partial charge in [-0.1, -0.05) is 46.4 Å². The molecule has 2 nitrogen and oxygen atoms in total. The fraction of sp³-hybridized carbons (Fsp3) is 0.300. The number of nitrogens with zero attached hydrogens (tertiary/aromatic N) is 1. The first-order valence-corrected chi connectivity index (χ1v) is 7.21. The molecule has 1 aromatic rings. The number of thioether (sulfide) groups is 1. The molecule has 1 saturated heterocycles. The van der Waals surface area contributed by atoms with Crippen LogP contribution in [0.25, 0.3) is 0 Å². The molecule has 0 unspecified atom stereocenters. The van der Waals surface area contributed by atoms with E-state index >= 15 is 0 Å². The predicted molar refractivity (Wildman–Crippen MR) is 75.5 cm³/mol. The van der Waals surface area contributed by atoms with Gasteiger partial charge in [0.2, 0.25) is 9.70 Å². The molecule has 0 saturated carbocycles. The Balaban J connectivity index is 2.34. The van der Waals surface area contributed by atoms with E-state index < -0.39 is 9.17 Å². The van der Waals surface area contributed by atoms with E-state index in [1.165, 1.54) is 16.7 Å². The molecule has 2 rings (SSSR count). The van der Waals surface area contributed by atoms with Crippen molar-refractivity contribution in [3.8, 4) is 0 Å². The Labute approximate surface area is 123 Å². The number of halogens is 4. The van der Waals surface area contributed by atoms with Crippen LogP contribution in [-0.2, 0) is 4.79 Å². The lowest BCUT2D eigenvalue weighted by molar-refractivity contribution is -0.115. The summed E-state index contributed by atoms with van der Waals surface area (Å²) in [5.41, 5.74) is 0.681. The molecule has 1 aliphatic heterocycles. The van der Waals surface area contributed by atoms with Gasteiger partial charge in [-0.05, 0) is 24.3 Å². The molecule has 92 valence electrons. The molecule has 1 amide bonds. The standard InChI is InChI=1S/C10H7Cl4NOS/c11-6-1-3-7(4-2-6)15-8(16)5-17-9(15)10(12,13)14/h1-4,9H,5H2/t9-/m0/s1. The lowest BCUT2D eigenvalue weighted by Crippen LogP contribution is -2.40. The quantitative estimate of drug-likeness (QED) is 0.722. The van der Waals surface area contributed by atoms with E-state index in [0.717, 1.165) is 0 Å². The van der Waals surface area contributed by atoms with Gasteiger partial charge in [0.15, 0.2) is 0 Å². The van der Waals surface area contributed by atoms with Crippen LogP contribution in [0, 0.1) is 0 Å². The molecule has 1 aliphatic rings. The van der Waals surface area contributed by atoms with Crippen LogP contribution in [-0.4, -0.2) is 20.8 Å². The third kappa shape index (κ3) is 2.96. The summed E-state index contributed by atoms with van der Waals surface area (Å²) >= 11 is 24.7. The Hall–Kier alpha value is 0.200. The predicted octanol–water partition coefficient (Wildman–Crippen LogP) is 4.12. The molecular formula is C10H7Cl4NOS. The van der Waals surface area contributed by atoms with Gasteiger partial charge in [-0.15, -0.1) is 11.8 Å². The van der Waals surface area contributed by atoms with Gasteiger partial charge in [-0.3, -0.25) is 9.69 Å². The first kappa shape index (κ1) is 13.6. The number of rotatable bonds is 1. The van der Waals surface area contributed by atoms with Crippen LogP contribution in [0.3, 0.4) is 0 Å². The topological polar surface area (TPSA) is 20.3 Å². The summed E-state index contributed by atoms with van der Waals surface area (Å²) in [4.78, 5) is 13.3. The number of hydrogen-bond donors (Lipinski definition) is 0. The molecule has 1 fully saturated rings. The average molecular weight is 331 g/mol. The number of carbonyl (C=O) groups excluding carboxylic acids is 1. The third-order valence-corrected chi connectivity index (χ3v) is 4.81. The zero-order valence-corrected chi connectivity index (χ0v) is 12.2. The molecule has 1 atom stereocenters. The maximum atomic E-state index is 11.8. The van der Waals surface area contributed by atoms with Gasteiger partial charge in [0.25, 0.3) is 0 Å². The largest absolute Gasteiger partial charge is 0.295 e. The minimum atomic E-state index is -1.52. The molecule has 0 N–H and O–H groups in total. The van der Waals surface area contributed by atoms with E-state index in [2.05, 4.69) is 0 Å². The fourth-order valence-corrected chi connectivity index (χ4v) is 3.55. The molecule has 1 aromatic carbocycles. The van der Waals surface area contributed by atoms with E-state index in [9.17, 15) is 4.79 Å². The Kier molecular flexibility index (Phi) is 4.06. The second-order valence-electron chi connectivity index (χ2n) is 3.45. The highest BCUT2D eigenvalue weighted by molar-refractivity contribution is 8.01. The summed E-state index contributed by atoms with van der Waals surface area (Å²) in [5, 5.41) is 0.0830. The van der Waals surface area contributed by atoms with Crippen molar-refractivity contribution in [2.45, 2.75) is 9.17 Å². The summed E-state index contributed by atoms with van der Waals surface area (Å²) in [5.74, 6) is 0.231. The number of amides is 1. The Morgan fingerprint density at radius 2 is 1.82 bits per heavy atom. The van der Waals surface area contributed by atoms with Crippen LogP contribution < -0.4 is 4.90 Å². The number of alkyl halides is 3. The minimum Gasteiger partial charge on any atom is -0.295 e. The highest BCUT2D eigenvalue weighted by atomic mass is 35.6. The van der Waals surface area contributed by atoms with Crippen LogP contribution in [0.15, 0.2) is 24.3 Å². The third-order valence-electron chi connectivity index (χ3n) is 2.25. The normalized spacial score (nSPS) is 21.1. The average Bonchev–Trinajstić information content (AvgIpc) is 2.61. The van der Waals surface area contributed by atoms with Gasteiger partial charge in [0.1, 0.15) is 5.37 Å². The van der Waals surface area contributed by atoms with Crippen molar-refractivity contribution in [1.82, 2.24) is 0 Å². The van der Waals surface area contributed by atoms with Gasteiger partial charge in [-0.25, -0.2) is 0 Å². The molecule has 0 spiro atoms. The second kappa shape index (κ2) is 5.06. The van der Waals surface area contributed by atoms with E-state index in [1.54, 1.807) is 24.3 Å². The Bertz CT molecular complexity index is 431. The number of anilines is 1. The zero-order valence-electron chi connectivity index (χ0n) is 8.37. The van der Waals surface area contributed by atoms with Gasteiger partial charge < -0.3 is 0 Å². The first-order chi connectivity index (χ1) is 7.89. The number of hydrogen-bond acceptors (Lipinski definition) is 2. The van der Waals surface area contributed by atoms with Crippen molar-refractivity contribution in [2.75, 3.05) is 10.7 Å². The van der Waals surface area contributed by atoms with Crippen LogP contribution in [0.4, 0.5) is 5.69 Å². The van der Waals surface area contributed by atoms with Crippen LogP contribution >= 0.6 is 58.2 Å². The summed E-state index contributed by atoms with van der Waals surface area (Å²) in [6.07, 6.45) is 0. The van der Waals surface area contributed by atoms with Crippen molar-refractivity contribution in [3.63, 3.8) is 0 Å². The van der Waals surface area contributed by atoms with E-state index in [4.69, 9.17) is 46.4 Å². The van der Waals surface area contributed by atoms with E-state index in [-0.39, 0.29) is 5.91 Å². The summed E-state index contributed by atoms with van der Waals surface area (Å²) in [6, 6.07) is 6.86. The van der Waals surface area contributed by atoms with Crippen LogP contribution in [0.1, 0.15) is 0 Å². The molecule has 0 bridgehead atoms. The highest BCUT2D eigenvalue weighted by Crippen LogP contribution is 2.44. The van der Waals surface area contributed by atoms with E-state index in [1.807, 2.05) is 0 Å². The van der Waals surface area contributed by atoms with Gasteiger partial charge in [-0.2, -0.15) is 0 Å². The Morgan fingerprint density at radius 3 is 2.35 bits per heavy atom. The SMILES string of the molecule is O=C1CS[C@@H](C(Cl)(Cl)Cl)N1c1ccc(Cl)cc1. The summed E-state index contributed by atoms with van der Waals surface area (Å²) < 4.78 is -1.52. The summed E-state index contributed by atoms with van der Waals surface area (Å²) in [7, 11) is 0. The van der Waals surface area contributed by atoms with Crippen molar-refractivity contribution in [3.05, 3.63) is 29.3 Å². The minimum absolute atomic E-state index is 0.0753. The molecular weight excluding hydrogens is 324 g/mol. The lowest BCUT2D eigenvalue weighted by atomic mass is 10.3. The number of benzene rings is 1. The van der Waals surface area contributed by atoms with Crippen molar-refractivity contribution < 1.29 is 4.79 Å². The number of carbonyl (C=O) groups is 1. The zero-order chi connectivity index (χ0) is 12.6. The van der Waals surface area contributed by atoms with Gasteiger partial charge in [0, 0.05) is 10.7 Å². The van der Waals surface area contributed by atoms with Crippen molar-refractivity contribution >= 4 is 69.8 Å². The lowest BCUT2D eigenvalue weighted by Gasteiger charge is -2.28. The van der Waals surface area contributed by atoms with Crippen LogP contribution in [0.5, 0.6) is 0 Å². The molecule has 0 aromatic heterocycles. The van der Waals surface area contributed by atoms with Crippen molar-refractivity contribution in [2.24, 2.45) is 0 Å². The van der Waals surface area contributed by atoms with Crippen molar-refractivity contribution in [1.29, 1.82) is 0 Å². The molecule has 0 radical (unpaired) electrons. The second-order valence-corrected chi connectivity index (χ2v) is 7.32. The molecule has 17 heavy (non-hydrogen) atoms.